The number of nitrogens with zero attached hydrogens (tertiary/aromatic N) is 2. The summed E-state index contributed by atoms with van der Waals surface area (Å²) in [7, 11) is 0. The predicted molar refractivity (Wildman–Crippen MR) is 86.7 cm³/mol. The van der Waals surface area contributed by atoms with Crippen LogP contribution in [0.4, 0.5) is 13.2 Å². The van der Waals surface area contributed by atoms with E-state index in [2.05, 4.69) is 15.2 Å². The zero-order valence-electron chi connectivity index (χ0n) is 12.9. The third kappa shape index (κ3) is 4.06. The van der Waals surface area contributed by atoms with Gasteiger partial charge in [-0.15, -0.1) is 0 Å². The standard InChI is InChI=1S/C17H17ClF3N3/c18-15-7-12(6-14(8-15)17(19,20)21)11-24-5-4-23-10-16(24)13-2-1-3-22-9-13/h1-3,6-9,16,23H,4-5,10-11H2. The van der Waals surface area contributed by atoms with Crippen LogP contribution in [0.3, 0.4) is 0 Å². The van der Waals surface area contributed by atoms with E-state index in [-0.39, 0.29) is 11.1 Å². The van der Waals surface area contributed by atoms with Gasteiger partial charge in [0.1, 0.15) is 0 Å². The molecule has 0 radical (unpaired) electrons. The Hall–Kier alpha value is -1.63. The lowest BCUT2D eigenvalue weighted by Crippen LogP contribution is -2.45. The molecule has 1 aliphatic heterocycles. The molecule has 1 aromatic carbocycles. The van der Waals surface area contributed by atoms with Gasteiger partial charge in [0.05, 0.1) is 5.56 Å². The van der Waals surface area contributed by atoms with Crippen LogP contribution in [-0.2, 0) is 12.7 Å². The summed E-state index contributed by atoms with van der Waals surface area (Å²) in [5.41, 5.74) is 0.895. The quantitative estimate of drug-likeness (QED) is 0.905. The molecule has 0 saturated carbocycles. The Morgan fingerprint density at radius 2 is 2.12 bits per heavy atom. The predicted octanol–water partition coefficient (Wildman–Crippen LogP) is 3.90. The van der Waals surface area contributed by atoms with Gasteiger partial charge in [0.2, 0.25) is 0 Å². The van der Waals surface area contributed by atoms with Crippen LogP contribution in [0.5, 0.6) is 0 Å². The maximum absolute atomic E-state index is 13.0. The van der Waals surface area contributed by atoms with Crippen LogP contribution in [0.15, 0.2) is 42.7 Å². The Kier molecular flexibility index (Phi) is 5.08. The van der Waals surface area contributed by atoms with Crippen molar-refractivity contribution in [1.29, 1.82) is 0 Å². The molecule has 0 bridgehead atoms. The molecule has 1 aromatic heterocycles. The number of piperazine rings is 1. The third-order valence-electron chi connectivity index (χ3n) is 4.09. The van der Waals surface area contributed by atoms with Gasteiger partial charge in [-0.2, -0.15) is 13.2 Å². The first kappa shape index (κ1) is 17.2. The summed E-state index contributed by atoms with van der Waals surface area (Å²) < 4.78 is 38.9. The third-order valence-corrected chi connectivity index (χ3v) is 4.31. The van der Waals surface area contributed by atoms with Crippen LogP contribution in [0, 0.1) is 0 Å². The van der Waals surface area contributed by atoms with Gasteiger partial charge >= 0.3 is 6.18 Å². The van der Waals surface area contributed by atoms with Crippen molar-refractivity contribution in [2.24, 2.45) is 0 Å². The molecule has 0 aliphatic carbocycles. The molecule has 1 N–H and O–H groups in total. The number of hydrogen-bond acceptors (Lipinski definition) is 3. The largest absolute Gasteiger partial charge is 0.416 e. The fourth-order valence-corrected chi connectivity index (χ4v) is 3.23. The van der Waals surface area contributed by atoms with Crippen LogP contribution in [-0.4, -0.2) is 29.5 Å². The minimum absolute atomic E-state index is 0.0702. The fourth-order valence-electron chi connectivity index (χ4n) is 2.98. The molecule has 1 saturated heterocycles. The lowest BCUT2D eigenvalue weighted by atomic mass is 10.0. The molecule has 0 amide bonds. The smallest absolute Gasteiger partial charge is 0.314 e. The second kappa shape index (κ2) is 7.09. The zero-order chi connectivity index (χ0) is 17.2. The van der Waals surface area contributed by atoms with Gasteiger partial charge in [0, 0.05) is 49.6 Å². The van der Waals surface area contributed by atoms with Gasteiger partial charge in [0.15, 0.2) is 0 Å². The van der Waals surface area contributed by atoms with E-state index in [1.54, 1.807) is 18.5 Å². The van der Waals surface area contributed by atoms with E-state index >= 15 is 0 Å². The minimum Gasteiger partial charge on any atom is -0.314 e. The highest BCUT2D eigenvalue weighted by Crippen LogP contribution is 2.33. The summed E-state index contributed by atoms with van der Waals surface area (Å²) in [5.74, 6) is 0. The molecule has 2 heterocycles. The normalized spacial score (nSPS) is 19.4. The first-order valence-electron chi connectivity index (χ1n) is 7.65. The van der Waals surface area contributed by atoms with Crippen LogP contribution in [0.2, 0.25) is 5.02 Å². The average Bonchev–Trinajstić information content (AvgIpc) is 2.55. The molecule has 3 rings (SSSR count). The van der Waals surface area contributed by atoms with Crippen LogP contribution in [0.1, 0.15) is 22.7 Å². The molecule has 1 fully saturated rings. The number of hydrogen-bond donors (Lipinski definition) is 1. The van der Waals surface area contributed by atoms with Crippen molar-refractivity contribution in [3.05, 3.63) is 64.4 Å². The summed E-state index contributed by atoms with van der Waals surface area (Å²) in [4.78, 5) is 6.29. The number of rotatable bonds is 3. The van der Waals surface area contributed by atoms with Gasteiger partial charge in [-0.05, 0) is 35.4 Å². The van der Waals surface area contributed by atoms with Gasteiger partial charge in [-0.1, -0.05) is 17.7 Å². The Balaban J connectivity index is 1.85. The topological polar surface area (TPSA) is 28.2 Å². The summed E-state index contributed by atoms with van der Waals surface area (Å²) >= 11 is 5.89. The number of benzene rings is 1. The van der Waals surface area contributed by atoms with Crippen molar-refractivity contribution in [3.63, 3.8) is 0 Å². The maximum Gasteiger partial charge on any atom is 0.416 e. The SMILES string of the molecule is FC(F)(F)c1cc(Cl)cc(CN2CCNCC2c2cccnc2)c1. The Morgan fingerprint density at radius 1 is 1.29 bits per heavy atom. The van der Waals surface area contributed by atoms with Crippen molar-refractivity contribution in [1.82, 2.24) is 15.2 Å². The number of alkyl halides is 3. The highest BCUT2D eigenvalue weighted by molar-refractivity contribution is 6.30. The monoisotopic (exact) mass is 355 g/mol. The number of aromatic nitrogens is 1. The fraction of sp³-hybridized carbons (Fsp3) is 0.353. The molecule has 7 heteroatoms. The average molecular weight is 356 g/mol. The molecular formula is C17H17ClF3N3. The highest BCUT2D eigenvalue weighted by atomic mass is 35.5. The molecule has 128 valence electrons. The van der Waals surface area contributed by atoms with Crippen LogP contribution in [0.25, 0.3) is 0 Å². The molecule has 24 heavy (non-hydrogen) atoms. The molecule has 0 spiro atoms. The van der Waals surface area contributed by atoms with Gasteiger partial charge in [-0.25, -0.2) is 0 Å². The van der Waals surface area contributed by atoms with Crippen LogP contribution < -0.4 is 5.32 Å². The van der Waals surface area contributed by atoms with Crippen molar-refractivity contribution < 1.29 is 13.2 Å². The number of pyridine rings is 1. The Labute approximate surface area is 143 Å². The van der Waals surface area contributed by atoms with E-state index in [1.807, 2.05) is 12.1 Å². The van der Waals surface area contributed by atoms with E-state index in [0.717, 1.165) is 31.3 Å². The van der Waals surface area contributed by atoms with E-state index in [4.69, 9.17) is 11.6 Å². The van der Waals surface area contributed by atoms with Crippen molar-refractivity contribution in [2.75, 3.05) is 19.6 Å². The van der Waals surface area contributed by atoms with E-state index < -0.39 is 11.7 Å². The second-order valence-electron chi connectivity index (χ2n) is 5.82. The van der Waals surface area contributed by atoms with Crippen LogP contribution >= 0.6 is 11.6 Å². The van der Waals surface area contributed by atoms with E-state index in [9.17, 15) is 13.2 Å². The minimum atomic E-state index is -4.40. The molecule has 1 atom stereocenters. The molecule has 3 nitrogen and oxygen atoms in total. The highest BCUT2D eigenvalue weighted by Gasteiger charge is 2.31. The summed E-state index contributed by atoms with van der Waals surface area (Å²) in [6, 6.07) is 7.65. The lowest BCUT2D eigenvalue weighted by Gasteiger charge is -2.36. The van der Waals surface area contributed by atoms with Crippen molar-refractivity contribution in [3.8, 4) is 0 Å². The Bertz CT molecular complexity index is 691. The lowest BCUT2D eigenvalue weighted by molar-refractivity contribution is -0.137. The van der Waals surface area contributed by atoms with Gasteiger partial charge < -0.3 is 5.32 Å². The summed E-state index contributed by atoms with van der Waals surface area (Å²) in [6.45, 7) is 2.68. The zero-order valence-corrected chi connectivity index (χ0v) is 13.6. The van der Waals surface area contributed by atoms with E-state index in [1.165, 1.54) is 6.07 Å². The first-order chi connectivity index (χ1) is 11.4. The van der Waals surface area contributed by atoms with Gasteiger partial charge in [0.25, 0.3) is 0 Å². The molecule has 1 unspecified atom stereocenters. The van der Waals surface area contributed by atoms with Crippen molar-refractivity contribution in [2.45, 2.75) is 18.8 Å². The van der Waals surface area contributed by atoms with E-state index in [0.29, 0.717) is 12.1 Å². The molecule has 2 aromatic rings. The Morgan fingerprint density at radius 3 is 2.83 bits per heavy atom. The van der Waals surface area contributed by atoms with Gasteiger partial charge in [-0.3, -0.25) is 9.88 Å². The van der Waals surface area contributed by atoms with Crippen molar-refractivity contribution >= 4 is 11.6 Å². The number of halogens is 4. The summed E-state index contributed by atoms with van der Waals surface area (Å²) in [5, 5.41) is 3.43. The first-order valence-corrected chi connectivity index (χ1v) is 8.02. The second-order valence-corrected chi connectivity index (χ2v) is 6.26. The molecular weight excluding hydrogens is 339 g/mol. The maximum atomic E-state index is 13.0. The molecule has 1 aliphatic rings. The number of nitrogens with one attached hydrogen (secondary N) is 1. The summed E-state index contributed by atoms with van der Waals surface area (Å²) in [6.07, 6.45) is -0.897.